The molecular weight excluding hydrogens is 532 g/mol. The van der Waals surface area contributed by atoms with Crippen LogP contribution in [0.1, 0.15) is 52.6 Å². The average Bonchev–Trinajstić information content (AvgIpc) is 3.01. The molecule has 0 saturated carbocycles. The summed E-state index contributed by atoms with van der Waals surface area (Å²) < 4.78 is 0. The highest BCUT2D eigenvalue weighted by atomic mass is 16.4. The zero-order valence-electron chi connectivity index (χ0n) is 21.8. The second-order valence-corrected chi connectivity index (χ2v) is 9.17. The second kappa shape index (κ2) is 11.0. The second-order valence-electron chi connectivity index (χ2n) is 9.17. The molecule has 0 aliphatic carbocycles. The Morgan fingerprint density at radius 2 is 0.857 bits per heavy atom. The van der Waals surface area contributed by atoms with E-state index in [9.17, 15) is 29.4 Å². The lowest BCUT2D eigenvalue weighted by Gasteiger charge is -2.19. The van der Waals surface area contributed by atoms with Gasteiger partial charge in [-0.2, -0.15) is 0 Å². The van der Waals surface area contributed by atoms with Crippen molar-refractivity contribution in [1.82, 2.24) is 0 Å². The fourth-order valence-electron chi connectivity index (χ4n) is 4.78. The molecule has 0 aromatic heterocycles. The van der Waals surface area contributed by atoms with Crippen molar-refractivity contribution in [2.24, 2.45) is 0 Å². The van der Waals surface area contributed by atoms with E-state index < -0.39 is 23.8 Å². The predicted octanol–water partition coefficient (Wildman–Crippen LogP) is 5.86. The van der Waals surface area contributed by atoms with Crippen LogP contribution in [0.5, 0.6) is 0 Å². The largest absolute Gasteiger partial charge is 0.478 e. The Morgan fingerprint density at radius 3 is 1.14 bits per heavy atom. The van der Waals surface area contributed by atoms with Crippen LogP contribution in [-0.2, 0) is 0 Å². The van der Waals surface area contributed by atoms with Gasteiger partial charge in [0.15, 0.2) is 0 Å². The molecule has 0 unspecified atom stereocenters. The summed E-state index contributed by atoms with van der Waals surface area (Å²) in [6.07, 6.45) is 10.8. The van der Waals surface area contributed by atoms with E-state index in [-0.39, 0.29) is 22.3 Å². The van der Waals surface area contributed by atoms with Gasteiger partial charge in [0.25, 0.3) is 11.8 Å². The first kappa shape index (κ1) is 27.2. The van der Waals surface area contributed by atoms with E-state index in [1.165, 1.54) is 36.4 Å². The minimum Gasteiger partial charge on any atom is -0.478 e. The first-order valence-corrected chi connectivity index (χ1v) is 12.5. The molecule has 8 nitrogen and oxygen atoms in total. The zero-order chi connectivity index (χ0) is 30.0. The van der Waals surface area contributed by atoms with Gasteiger partial charge in [0.2, 0.25) is 0 Å². The van der Waals surface area contributed by atoms with Crippen LogP contribution in [0, 0.1) is 24.7 Å². The number of hydrogen-bond acceptors (Lipinski definition) is 4. The van der Waals surface area contributed by atoms with Crippen molar-refractivity contribution >= 4 is 56.7 Å². The predicted molar refractivity (Wildman–Crippen MR) is 160 cm³/mol. The molecule has 0 aliphatic rings. The number of nitrogens with one attached hydrogen (secondary N) is 2. The van der Waals surface area contributed by atoms with Gasteiger partial charge in [-0.1, -0.05) is 60.4 Å². The van der Waals surface area contributed by atoms with Crippen LogP contribution in [-0.4, -0.2) is 34.0 Å². The topological polar surface area (TPSA) is 133 Å². The summed E-state index contributed by atoms with van der Waals surface area (Å²) in [7, 11) is 0. The number of hydrogen-bond donors (Lipinski definition) is 4. The quantitative estimate of drug-likeness (QED) is 0.119. The third kappa shape index (κ3) is 4.88. The van der Waals surface area contributed by atoms with Crippen LogP contribution in [0.4, 0.5) is 11.4 Å². The minimum absolute atomic E-state index is 0.0799. The molecule has 8 heteroatoms. The van der Waals surface area contributed by atoms with E-state index in [0.29, 0.717) is 44.0 Å². The number of carbonyl (C=O) groups excluding carboxylic acids is 2. The van der Waals surface area contributed by atoms with Gasteiger partial charge in [-0.3, -0.25) is 9.59 Å². The molecule has 2 amide bonds. The van der Waals surface area contributed by atoms with Crippen molar-refractivity contribution < 1.29 is 29.4 Å². The van der Waals surface area contributed by atoms with Crippen LogP contribution in [0.15, 0.2) is 84.9 Å². The monoisotopic (exact) mass is 552 g/mol. The fraction of sp³-hybridized carbons (Fsp3) is 0. The Balaban J connectivity index is 1.65. The first-order chi connectivity index (χ1) is 20.2. The molecule has 0 atom stereocenters. The van der Waals surface area contributed by atoms with E-state index in [2.05, 4.69) is 22.5 Å². The van der Waals surface area contributed by atoms with Crippen LogP contribution < -0.4 is 10.6 Å². The van der Waals surface area contributed by atoms with Crippen LogP contribution in [0.25, 0.3) is 21.5 Å². The third-order valence-corrected chi connectivity index (χ3v) is 6.73. The molecule has 5 rings (SSSR count). The van der Waals surface area contributed by atoms with Crippen LogP contribution in [0.2, 0.25) is 0 Å². The normalized spacial score (nSPS) is 10.4. The summed E-state index contributed by atoms with van der Waals surface area (Å²) in [5, 5.41) is 27.4. The fourth-order valence-corrected chi connectivity index (χ4v) is 4.78. The Bertz CT molecular complexity index is 1860. The van der Waals surface area contributed by atoms with Gasteiger partial charge < -0.3 is 20.8 Å². The number of carboxylic acids is 2. The summed E-state index contributed by atoms with van der Waals surface area (Å²) >= 11 is 0. The lowest BCUT2D eigenvalue weighted by Crippen LogP contribution is -2.18. The number of amides is 2. The molecule has 4 N–H and O–H groups in total. The summed E-state index contributed by atoms with van der Waals surface area (Å²) in [4.78, 5) is 50.7. The molecule has 0 bridgehead atoms. The van der Waals surface area contributed by atoms with Crippen LogP contribution >= 0.6 is 0 Å². The van der Waals surface area contributed by atoms with E-state index in [4.69, 9.17) is 12.8 Å². The number of aromatic carboxylic acids is 2. The van der Waals surface area contributed by atoms with Gasteiger partial charge >= 0.3 is 11.9 Å². The third-order valence-electron chi connectivity index (χ3n) is 6.73. The van der Waals surface area contributed by atoms with E-state index in [1.807, 2.05) is 0 Å². The maximum absolute atomic E-state index is 13.5. The maximum Gasteiger partial charge on any atom is 0.336 e. The molecule has 0 heterocycles. The number of terminal acetylenes is 2. The summed E-state index contributed by atoms with van der Waals surface area (Å²) in [6, 6.07) is 22.2. The minimum atomic E-state index is -1.30. The number of anilines is 2. The summed E-state index contributed by atoms with van der Waals surface area (Å²) in [6.45, 7) is 0. The van der Waals surface area contributed by atoms with Gasteiger partial charge in [0, 0.05) is 32.7 Å². The SMILES string of the molecule is C#Cc1ccc(C(=O)Nc2c3ccccc3c(NC(=O)c3ccc(C#C)cc3C(=O)O)c3ccccc23)c(C(=O)O)c1. The number of rotatable bonds is 6. The van der Waals surface area contributed by atoms with Crippen LogP contribution in [0.3, 0.4) is 0 Å². The number of fused-ring (bicyclic) bond motifs is 2. The number of carbonyl (C=O) groups is 4. The Hall–Kier alpha value is -6.38. The van der Waals surface area contributed by atoms with Crippen molar-refractivity contribution in [3.8, 4) is 24.7 Å². The van der Waals surface area contributed by atoms with Crippen molar-refractivity contribution in [1.29, 1.82) is 0 Å². The van der Waals surface area contributed by atoms with Crippen molar-refractivity contribution in [2.45, 2.75) is 0 Å². The standard InChI is InChI=1S/C34H20N2O6/c1-3-19-13-15-25(27(17-19)33(39)40)31(37)35-29-21-9-5-7-11-23(21)30(24-12-8-6-10-22(24)29)36-32(38)26-16-14-20(4-2)18-28(26)34(41)42/h1-2,5-18H,(H,35,37)(H,36,38)(H,39,40)(H,41,42). The van der Waals surface area contributed by atoms with Gasteiger partial charge in [0.1, 0.15) is 0 Å². The van der Waals surface area contributed by atoms with Gasteiger partial charge in [-0.25, -0.2) is 9.59 Å². The smallest absolute Gasteiger partial charge is 0.336 e. The lowest BCUT2D eigenvalue weighted by molar-refractivity contribution is 0.0683. The highest BCUT2D eigenvalue weighted by molar-refractivity contribution is 6.27. The summed E-state index contributed by atoms with van der Waals surface area (Å²) in [5.41, 5.74) is 0.778. The molecular formula is C34H20N2O6. The highest BCUT2D eigenvalue weighted by Crippen LogP contribution is 2.40. The maximum atomic E-state index is 13.5. The van der Waals surface area contributed by atoms with Gasteiger partial charge in [0.05, 0.1) is 33.6 Å². The molecule has 5 aromatic rings. The van der Waals surface area contributed by atoms with Gasteiger partial charge in [-0.15, -0.1) is 12.8 Å². The molecule has 5 aromatic carbocycles. The molecule has 202 valence electrons. The molecule has 0 radical (unpaired) electrons. The van der Waals surface area contributed by atoms with E-state index in [0.717, 1.165) is 0 Å². The van der Waals surface area contributed by atoms with Crippen molar-refractivity contribution in [3.63, 3.8) is 0 Å². The average molecular weight is 553 g/mol. The molecule has 0 fully saturated rings. The number of benzene rings is 5. The van der Waals surface area contributed by atoms with Crippen molar-refractivity contribution in [3.05, 3.63) is 118 Å². The Labute approximate surface area is 239 Å². The first-order valence-electron chi connectivity index (χ1n) is 12.5. The molecule has 0 aliphatic heterocycles. The highest BCUT2D eigenvalue weighted by Gasteiger charge is 2.23. The summed E-state index contributed by atoms with van der Waals surface area (Å²) in [5.74, 6) is 0.792. The zero-order valence-corrected chi connectivity index (χ0v) is 21.8. The Kier molecular flexibility index (Phi) is 7.13. The molecule has 0 spiro atoms. The number of carboxylic acid groups (broad SMARTS) is 2. The lowest BCUT2D eigenvalue weighted by atomic mass is 9.97. The van der Waals surface area contributed by atoms with Crippen molar-refractivity contribution in [2.75, 3.05) is 10.6 Å². The van der Waals surface area contributed by atoms with E-state index >= 15 is 0 Å². The van der Waals surface area contributed by atoms with E-state index in [1.54, 1.807) is 48.5 Å². The van der Waals surface area contributed by atoms with Gasteiger partial charge in [-0.05, 0) is 36.4 Å². The Morgan fingerprint density at radius 1 is 0.524 bits per heavy atom. The molecule has 42 heavy (non-hydrogen) atoms. The molecule has 0 saturated heterocycles.